The van der Waals surface area contributed by atoms with Gasteiger partial charge in [-0.15, -0.1) is 0 Å². The molecule has 214 valence electrons. The van der Waals surface area contributed by atoms with E-state index in [0.717, 1.165) is 44.0 Å². The highest BCUT2D eigenvalue weighted by atomic mass is 16.5. The summed E-state index contributed by atoms with van der Waals surface area (Å²) in [7, 11) is 5.95. The van der Waals surface area contributed by atoms with Crippen LogP contribution in [0.2, 0.25) is 0 Å². The summed E-state index contributed by atoms with van der Waals surface area (Å²) >= 11 is 0. The molecule has 4 aromatic rings. The number of nitrogens with one attached hydrogen (secondary N) is 2. The number of hydrogen-bond donors (Lipinski definition) is 2. The molecule has 12 heteroatoms. The van der Waals surface area contributed by atoms with Crippen molar-refractivity contribution in [2.24, 2.45) is 14.1 Å². The lowest BCUT2D eigenvalue weighted by Gasteiger charge is -2.32. The molecule has 0 aromatic carbocycles. The van der Waals surface area contributed by atoms with Gasteiger partial charge in [0.25, 0.3) is 0 Å². The van der Waals surface area contributed by atoms with E-state index in [9.17, 15) is 4.79 Å². The summed E-state index contributed by atoms with van der Waals surface area (Å²) in [5, 5.41) is 11.1. The number of pyridine rings is 1. The van der Waals surface area contributed by atoms with E-state index in [-0.39, 0.29) is 11.8 Å². The molecule has 0 unspecified atom stereocenters. The number of likely N-dealkylation sites (N-methyl/N-ethyl adjacent to an activating group) is 1. The van der Waals surface area contributed by atoms with Crippen molar-refractivity contribution in [3.05, 3.63) is 59.8 Å². The van der Waals surface area contributed by atoms with E-state index in [1.165, 1.54) is 0 Å². The molecule has 2 aliphatic rings. The summed E-state index contributed by atoms with van der Waals surface area (Å²) < 4.78 is 9.82. The first-order valence-corrected chi connectivity index (χ1v) is 14.0. The number of hydrogen-bond acceptors (Lipinski definition) is 10. The Balaban J connectivity index is 1.29. The Kier molecular flexibility index (Phi) is 7.41. The van der Waals surface area contributed by atoms with Gasteiger partial charge in [-0.2, -0.15) is 5.10 Å². The Labute approximate surface area is 239 Å². The maximum absolute atomic E-state index is 13.9. The molecule has 0 aliphatic carbocycles. The van der Waals surface area contributed by atoms with Crippen molar-refractivity contribution < 1.29 is 9.53 Å². The molecule has 0 spiro atoms. The van der Waals surface area contributed by atoms with Crippen molar-refractivity contribution in [1.82, 2.24) is 39.1 Å². The smallest absolute Gasteiger partial charge is 0.222 e. The third-order valence-electron chi connectivity index (χ3n) is 7.82. The van der Waals surface area contributed by atoms with Gasteiger partial charge < -0.3 is 24.8 Å². The van der Waals surface area contributed by atoms with Crippen molar-refractivity contribution >= 4 is 23.1 Å². The number of piperazine rings is 1. The second-order valence-electron chi connectivity index (χ2n) is 10.9. The Bertz CT molecular complexity index is 1550. The Morgan fingerprint density at radius 2 is 1.88 bits per heavy atom. The highest BCUT2D eigenvalue weighted by Crippen LogP contribution is 2.30. The van der Waals surface area contributed by atoms with Crippen LogP contribution in [0.1, 0.15) is 35.1 Å². The Morgan fingerprint density at radius 1 is 1.05 bits per heavy atom. The van der Waals surface area contributed by atoms with Crippen LogP contribution in [-0.4, -0.2) is 90.8 Å². The molecule has 2 N–H and O–H groups in total. The zero-order chi connectivity index (χ0) is 28.5. The molecule has 41 heavy (non-hydrogen) atoms. The molecule has 4 bridgehead atoms. The third-order valence-corrected chi connectivity index (χ3v) is 7.82. The van der Waals surface area contributed by atoms with Crippen molar-refractivity contribution in [2.45, 2.75) is 25.9 Å². The highest BCUT2D eigenvalue weighted by Gasteiger charge is 2.23. The number of anilines is 3. The van der Waals surface area contributed by atoms with Crippen LogP contribution >= 0.6 is 0 Å². The number of fused-ring (bicyclic) bond motifs is 6. The number of aryl methyl sites for hydroxylation is 1. The first-order valence-electron chi connectivity index (χ1n) is 14.0. The average molecular weight is 557 g/mol. The van der Waals surface area contributed by atoms with Gasteiger partial charge in [0.05, 0.1) is 29.7 Å². The normalized spacial score (nSPS) is 18.0. The average Bonchev–Trinajstić information content (AvgIpc) is 3.51. The molecular weight excluding hydrogens is 520 g/mol. The van der Waals surface area contributed by atoms with Gasteiger partial charge in [0, 0.05) is 83.4 Å². The topological polar surface area (TPSA) is 118 Å². The minimum absolute atomic E-state index is 0.0201. The van der Waals surface area contributed by atoms with Gasteiger partial charge in [-0.05, 0) is 32.2 Å². The summed E-state index contributed by atoms with van der Waals surface area (Å²) in [6, 6.07) is 7.63. The Morgan fingerprint density at radius 3 is 2.71 bits per heavy atom. The molecule has 1 saturated heterocycles. The predicted octanol–water partition coefficient (Wildman–Crippen LogP) is 2.92. The van der Waals surface area contributed by atoms with Crippen LogP contribution in [0.3, 0.4) is 0 Å². The zero-order valence-corrected chi connectivity index (χ0v) is 24.0. The second kappa shape index (κ2) is 11.3. The van der Waals surface area contributed by atoms with Crippen molar-refractivity contribution in [3.8, 4) is 17.3 Å². The molecule has 0 saturated carbocycles. The Hall–Kier alpha value is -4.29. The molecule has 6 rings (SSSR count). The lowest BCUT2D eigenvalue weighted by molar-refractivity contribution is 0.103. The van der Waals surface area contributed by atoms with E-state index in [1.54, 1.807) is 29.3 Å². The number of carbonyl (C=O) groups excluding carboxylic acids is 1. The van der Waals surface area contributed by atoms with E-state index < -0.39 is 0 Å². The van der Waals surface area contributed by atoms with Crippen LogP contribution < -0.4 is 15.4 Å². The molecule has 0 amide bonds. The van der Waals surface area contributed by atoms with Crippen LogP contribution in [0.15, 0.2) is 42.9 Å². The first-order chi connectivity index (χ1) is 19.9. The van der Waals surface area contributed by atoms with E-state index in [1.807, 2.05) is 30.8 Å². The van der Waals surface area contributed by atoms with Gasteiger partial charge in [-0.25, -0.2) is 19.6 Å². The van der Waals surface area contributed by atoms with Crippen LogP contribution in [0, 0.1) is 0 Å². The number of aromatic nitrogens is 6. The lowest BCUT2D eigenvalue weighted by Crippen LogP contribution is -2.44. The molecule has 12 nitrogen and oxygen atoms in total. The fourth-order valence-corrected chi connectivity index (χ4v) is 5.25. The fraction of sp³-hybridized carbons (Fsp3) is 0.414. The van der Waals surface area contributed by atoms with Gasteiger partial charge >= 0.3 is 0 Å². The summed E-state index contributed by atoms with van der Waals surface area (Å²) in [5.41, 5.74) is 3.69. The van der Waals surface area contributed by atoms with Gasteiger partial charge in [0.2, 0.25) is 11.7 Å². The maximum Gasteiger partial charge on any atom is 0.222 e. The van der Waals surface area contributed by atoms with E-state index in [0.29, 0.717) is 53.3 Å². The summed E-state index contributed by atoms with van der Waals surface area (Å²) in [5.74, 6) is 2.18. The maximum atomic E-state index is 13.9. The minimum atomic E-state index is -0.0768. The predicted molar refractivity (Wildman–Crippen MR) is 157 cm³/mol. The third kappa shape index (κ3) is 5.66. The standard InChI is InChI=1S/C29H36N10O2/c1-19-8-14-41-29-22(17-32-38(29)4)28-30-9-7-25(35-28)34-26-15-23(33-19)21(16-31-26)27(40)24-6-5-20(37(24)3)18-39-12-10-36(2)11-13-39/h5-7,9,15-17,19,33H,8,10-14,18H2,1-4H3,(H,30,31,34,35)/t19-/m0/s1. The fourth-order valence-electron chi connectivity index (χ4n) is 5.25. The van der Waals surface area contributed by atoms with E-state index >= 15 is 0 Å². The zero-order valence-electron chi connectivity index (χ0n) is 24.0. The van der Waals surface area contributed by atoms with Gasteiger partial charge in [0.15, 0.2) is 5.82 Å². The van der Waals surface area contributed by atoms with Gasteiger partial charge in [-0.1, -0.05) is 0 Å². The SMILES string of the molecule is C[C@H]1CCOc2c(cnn2C)-c2nccc(n2)Nc2cc(c(C(=O)c3ccc(CN4CCN(C)CC4)n3C)cn2)N1. The monoisotopic (exact) mass is 556 g/mol. The summed E-state index contributed by atoms with van der Waals surface area (Å²) in [4.78, 5) is 32.4. The highest BCUT2D eigenvalue weighted by molar-refractivity contribution is 6.11. The molecule has 6 heterocycles. The number of rotatable bonds is 4. The van der Waals surface area contributed by atoms with Crippen LogP contribution in [0.4, 0.5) is 17.3 Å². The van der Waals surface area contributed by atoms with Crippen molar-refractivity contribution in [2.75, 3.05) is 50.5 Å². The second-order valence-corrected chi connectivity index (χ2v) is 10.9. The lowest BCUT2D eigenvalue weighted by atomic mass is 10.1. The first kappa shape index (κ1) is 26.9. The minimum Gasteiger partial charge on any atom is -0.477 e. The van der Waals surface area contributed by atoms with Crippen molar-refractivity contribution in [3.63, 3.8) is 0 Å². The van der Waals surface area contributed by atoms with E-state index in [4.69, 9.17) is 4.74 Å². The summed E-state index contributed by atoms with van der Waals surface area (Å²) in [6.45, 7) is 7.50. The molecular formula is C29H36N10O2. The molecule has 1 fully saturated rings. The molecule has 1 atom stereocenters. The quantitative estimate of drug-likeness (QED) is 0.363. The number of carbonyl (C=O) groups is 1. The van der Waals surface area contributed by atoms with Crippen LogP contribution in [0.25, 0.3) is 11.4 Å². The molecule has 4 aromatic heterocycles. The van der Waals surface area contributed by atoms with Crippen LogP contribution in [-0.2, 0) is 20.6 Å². The summed E-state index contributed by atoms with van der Waals surface area (Å²) in [6.07, 6.45) is 5.72. The van der Waals surface area contributed by atoms with E-state index in [2.05, 4.69) is 60.5 Å². The number of ketones is 1. The molecule has 0 radical (unpaired) electrons. The van der Waals surface area contributed by atoms with Crippen LogP contribution in [0.5, 0.6) is 5.88 Å². The number of nitrogens with zero attached hydrogens (tertiary/aromatic N) is 8. The van der Waals surface area contributed by atoms with Gasteiger partial charge in [0.1, 0.15) is 17.2 Å². The largest absolute Gasteiger partial charge is 0.477 e. The number of ether oxygens (including phenoxy) is 1. The van der Waals surface area contributed by atoms with Crippen molar-refractivity contribution in [1.29, 1.82) is 0 Å². The van der Waals surface area contributed by atoms with Gasteiger partial charge in [-0.3, -0.25) is 9.69 Å². The molecule has 2 aliphatic heterocycles.